The largest absolute Gasteiger partial charge is 0.338 e. The van der Waals surface area contributed by atoms with Gasteiger partial charge in [0.05, 0.1) is 0 Å². The molecule has 1 unspecified atom stereocenters. The van der Waals surface area contributed by atoms with E-state index in [9.17, 15) is 9.59 Å². The van der Waals surface area contributed by atoms with Gasteiger partial charge in [-0.25, -0.2) is 0 Å². The highest BCUT2D eigenvalue weighted by Crippen LogP contribution is 2.42. The van der Waals surface area contributed by atoms with Crippen molar-refractivity contribution in [1.29, 1.82) is 0 Å². The van der Waals surface area contributed by atoms with Crippen molar-refractivity contribution in [2.24, 2.45) is 0 Å². The van der Waals surface area contributed by atoms with Gasteiger partial charge >= 0.3 is 0 Å². The number of aryl methyl sites for hydroxylation is 1. The number of hydrogen-bond donors (Lipinski definition) is 1. The molecule has 0 aromatic carbocycles. The number of rotatable bonds is 3. The third-order valence-electron chi connectivity index (χ3n) is 6.04. The summed E-state index contributed by atoms with van der Waals surface area (Å²) in [5.41, 5.74) is 1.80. The van der Waals surface area contributed by atoms with Gasteiger partial charge in [-0.15, -0.1) is 0 Å². The first-order chi connectivity index (χ1) is 11.6. The normalized spacial score (nSPS) is 27.3. The lowest BCUT2D eigenvalue weighted by atomic mass is 9.85. The number of carbonyl (C=O) groups excluding carboxylic acids is 2. The number of H-pyrrole nitrogens is 1. The molecule has 3 fully saturated rings. The van der Waals surface area contributed by atoms with Crippen molar-refractivity contribution in [2.45, 2.75) is 70.4 Å². The smallest absolute Gasteiger partial charge is 0.275 e. The molecule has 6 heteroatoms. The van der Waals surface area contributed by atoms with Crippen LogP contribution >= 0.6 is 0 Å². The summed E-state index contributed by atoms with van der Waals surface area (Å²) in [4.78, 5) is 30.3. The minimum Gasteiger partial charge on any atom is -0.338 e. The Labute approximate surface area is 142 Å². The maximum atomic E-state index is 13.2. The Kier molecular flexibility index (Phi) is 3.66. The third-order valence-corrected chi connectivity index (χ3v) is 6.04. The van der Waals surface area contributed by atoms with Crippen LogP contribution in [0, 0.1) is 6.92 Å². The summed E-state index contributed by atoms with van der Waals surface area (Å²) < 4.78 is 0. The summed E-state index contributed by atoms with van der Waals surface area (Å²) in [5, 5.41) is 7.23. The molecule has 1 aromatic rings. The minimum atomic E-state index is -0.615. The van der Waals surface area contributed by atoms with Crippen molar-refractivity contribution in [2.75, 3.05) is 13.1 Å². The topological polar surface area (TPSA) is 69.3 Å². The summed E-state index contributed by atoms with van der Waals surface area (Å²) in [5.74, 6) is 0.109. The van der Waals surface area contributed by atoms with E-state index in [1.165, 1.54) is 0 Å². The van der Waals surface area contributed by atoms with Gasteiger partial charge in [0.1, 0.15) is 5.54 Å². The highest BCUT2D eigenvalue weighted by molar-refractivity contribution is 6.00. The lowest BCUT2D eigenvalue weighted by Gasteiger charge is -2.44. The maximum Gasteiger partial charge on any atom is 0.275 e. The first kappa shape index (κ1) is 15.7. The van der Waals surface area contributed by atoms with Gasteiger partial charge < -0.3 is 9.80 Å². The average Bonchev–Trinajstić information content (AvgIpc) is 3.23. The Hall–Kier alpha value is -1.85. The Bertz CT molecular complexity index is 679. The molecule has 0 radical (unpaired) electrons. The summed E-state index contributed by atoms with van der Waals surface area (Å²) >= 11 is 0. The number of piperidine rings is 1. The van der Waals surface area contributed by atoms with Crippen LogP contribution in [-0.4, -0.2) is 56.5 Å². The first-order valence-corrected chi connectivity index (χ1v) is 9.25. The number of nitrogens with zero attached hydrogens (tertiary/aromatic N) is 3. The van der Waals surface area contributed by atoms with Crippen molar-refractivity contribution in [1.82, 2.24) is 20.0 Å². The number of aromatic nitrogens is 2. The van der Waals surface area contributed by atoms with Gasteiger partial charge in [-0.3, -0.25) is 14.7 Å². The van der Waals surface area contributed by atoms with Crippen LogP contribution < -0.4 is 0 Å². The SMILES string of the molecule is CCc1[nH]nc(C(=O)N2CCCC23CCCN(C2CC2)C3=O)c1C. The summed E-state index contributed by atoms with van der Waals surface area (Å²) in [6, 6.07) is 0.422. The molecule has 1 saturated carbocycles. The van der Waals surface area contributed by atoms with Crippen LogP contribution in [0.15, 0.2) is 0 Å². The van der Waals surface area contributed by atoms with E-state index in [0.717, 1.165) is 62.7 Å². The van der Waals surface area contributed by atoms with E-state index < -0.39 is 5.54 Å². The molecule has 2 saturated heterocycles. The molecule has 130 valence electrons. The van der Waals surface area contributed by atoms with Crippen LogP contribution in [0.2, 0.25) is 0 Å². The molecular weight excluding hydrogens is 304 g/mol. The van der Waals surface area contributed by atoms with Crippen molar-refractivity contribution < 1.29 is 9.59 Å². The molecule has 1 N–H and O–H groups in total. The van der Waals surface area contributed by atoms with Gasteiger partial charge in [-0.1, -0.05) is 6.92 Å². The Balaban J connectivity index is 1.65. The number of aromatic amines is 1. The lowest BCUT2D eigenvalue weighted by Crippen LogP contribution is -2.61. The predicted molar refractivity (Wildman–Crippen MR) is 89.7 cm³/mol. The van der Waals surface area contributed by atoms with E-state index in [-0.39, 0.29) is 11.8 Å². The number of carbonyl (C=O) groups is 2. The molecule has 1 spiro atoms. The van der Waals surface area contributed by atoms with Gasteiger partial charge in [0.25, 0.3) is 5.91 Å². The molecular formula is C18H26N4O2. The fourth-order valence-corrected chi connectivity index (χ4v) is 4.52. The molecule has 0 bridgehead atoms. The Morgan fingerprint density at radius 2 is 2.00 bits per heavy atom. The molecule has 1 aliphatic carbocycles. The molecule has 24 heavy (non-hydrogen) atoms. The van der Waals surface area contributed by atoms with Crippen molar-refractivity contribution >= 4 is 11.8 Å². The number of likely N-dealkylation sites (tertiary alicyclic amines) is 2. The van der Waals surface area contributed by atoms with Crippen LogP contribution in [0.4, 0.5) is 0 Å². The van der Waals surface area contributed by atoms with Crippen LogP contribution in [-0.2, 0) is 11.2 Å². The Morgan fingerprint density at radius 3 is 2.62 bits per heavy atom. The average molecular weight is 330 g/mol. The van der Waals surface area contributed by atoms with Crippen molar-refractivity contribution in [3.63, 3.8) is 0 Å². The van der Waals surface area contributed by atoms with Crippen LogP contribution in [0.3, 0.4) is 0 Å². The third kappa shape index (κ3) is 2.19. The van der Waals surface area contributed by atoms with Gasteiger partial charge in [-0.2, -0.15) is 5.10 Å². The maximum absolute atomic E-state index is 13.2. The van der Waals surface area contributed by atoms with Gasteiger partial charge in [0, 0.05) is 30.4 Å². The van der Waals surface area contributed by atoms with E-state index in [1.807, 2.05) is 23.6 Å². The number of hydrogen-bond acceptors (Lipinski definition) is 3. The van der Waals surface area contributed by atoms with Gasteiger partial charge in [0.15, 0.2) is 5.69 Å². The second kappa shape index (κ2) is 5.60. The second-order valence-electron chi connectivity index (χ2n) is 7.45. The van der Waals surface area contributed by atoms with E-state index in [1.54, 1.807) is 0 Å². The van der Waals surface area contributed by atoms with Crippen LogP contribution in [0.5, 0.6) is 0 Å². The Morgan fingerprint density at radius 1 is 1.29 bits per heavy atom. The highest BCUT2D eigenvalue weighted by Gasteiger charge is 2.55. The van der Waals surface area contributed by atoms with Crippen molar-refractivity contribution in [3.8, 4) is 0 Å². The molecule has 3 aliphatic rings. The van der Waals surface area contributed by atoms with E-state index in [2.05, 4.69) is 10.2 Å². The quantitative estimate of drug-likeness (QED) is 0.922. The second-order valence-corrected chi connectivity index (χ2v) is 7.45. The molecule has 1 aromatic heterocycles. The van der Waals surface area contributed by atoms with Gasteiger partial charge in [-0.05, 0) is 51.9 Å². The number of amides is 2. The van der Waals surface area contributed by atoms with Gasteiger partial charge in [0.2, 0.25) is 5.91 Å². The zero-order chi connectivity index (χ0) is 16.9. The molecule has 3 heterocycles. The van der Waals surface area contributed by atoms with E-state index >= 15 is 0 Å². The molecule has 1 atom stereocenters. The summed E-state index contributed by atoms with van der Waals surface area (Å²) in [6.07, 6.45) is 6.55. The zero-order valence-electron chi connectivity index (χ0n) is 14.6. The first-order valence-electron chi connectivity index (χ1n) is 9.25. The standard InChI is InChI=1S/C18H26N4O2/c1-3-14-12(2)15(20-19-14)16(23)22-11-5-9-18(22)8-4-10-21(17(18)24)13-6-7-13/h13H,3-11H2,1-2H3,(H,19,20). The monoisotopic (exact) mass is 330 g/mol. The van der Waals surface area contributed by atoms with Crippen LogP contribution in [0.25, 0.3) is 0 Å². The zero-order valence-corrected chi connectivity index (χ0v) is 14.6. The fraction of sp³-hybridized carbons (Fsp3) is 0.722. The predicted octanol–water partition coefficient (Wildman–Crippen LogP) is 2.04. The molecule has 2 aliphatic heterocycles. The fourth-order valence-electron chi connectivity index (χ4n) is 4.52. The number of nitrogens with one attached hydrogen (secondary N) is 1. The lowest BCUT2D eigenvalue weighted by molar-refractivity contribution is -0.146. The van der Waals surface area contributed by atoms with E-state index in [4.69, 9.17) is 0 Å². The molecule has 4 rings (SSSR count). The van der Waals surface area contributed by atoms with E-state index in [0.29, 0.717) is 18.3 Å². The highest BCUT2D eigenvalue weighted by atomic mass is 16.2. The van der Waals surface area contributed by atoms with Crippen LogP contribution in [0.1, 0.15) is 67.2 Å². The molecule has 6 nitrogen and oxygen atoms in total. The summed E-state index contributed by atoms with van der Waals surface area (Å²) in [6.45, 7) is 5.51. The van der Waals surface area contributed by atoms with Crippen molar-refractivity contribution in [3.05, 3.63) is 17.0 Å². The summed E-state index contributed by atoms with van der Waals surface area (Å²) in [7, 11) is 0. The molecule has 2 amide bonds. The minimum absolute atomic E-state index is 0.0769.